The van der Waals surface area contributed by atoms with Gasteiger partial charge in [0, 0.05) is 19.7 Å². The summed E-state index contributed by atoms with van der Waals surface area (Å²) in [6.07, 6.45) is 0. The molecule has 0 radical (unpaired) electrons. The van der Waals surface area contributed by atoms with Crippen molar-refractivity contribution in [1.82, 2.24) is 9.29 Å². The van der Waals surface area contributed by atoms with Crippen LogP contribution in [0.1, 0.15) is 5.56 Å². The molecule has 21 heavy (non-hydrogen) atoms. The largest absolute Gasteiger partial charge is 0.419 e. The molecule has 0 unspecified atom stereocenters. The molecule has 2 heterocycles. The summed E-state index contributed by atoms with van der Waals surface area (Å²) in [6, 6.07) is 6.21. The van der Waals surface area contributed by atoms with Gasteiger partial charge >= 0.3 is 5.76 Å². The van der Waals surface area contributed by atoms with Crippen molar-refractivity contribution >= 4 is 32.5 Å². The van der Waals surface area contributed by atoms with Gasteiger partial charge in [0.1, 0.15) is 0 Å². The number of hydrogen-bond donors (Lipinski definition) is 1. The number of nitrogens with one attached hydrogen (secondary N) is 1. The molecule has 0 saturated carbocycles. The third kappa shape index (κ3) is 2.65. The number of oxazole rings is 1. The third-order valence-electron chi connectivity index (χ3n) is 3.12. The summed E-state index contributed by atoms with van der Waals surface area (Å²) >= 11 is 1.50. The minimum Gasteiger partial charge on any atom is -0.408 e. The molecule has 2 aromatic heterocycles. The highest BCUT2D eigenvalue weighted by molar-refractivity contribution is 7.89. The van der Waals surface area contributed by atoms with Crippen LogP contribution < -0.4 is 10.5 Å². The monoisotopic (exact) mass is 324 g/mol. The minimum absolute atomic E-state index is 0.0691. The van der Waals surface area contributed by atoms with E-state index >= 15 is 0 Å². The van der Waals surface area contributed by atoms with Gasteiger partial charge in [0.25, 0.3) is 0 Å². The van der Waals surface area contributed by atoms with Gasteiger partial charge in [-0.25, -0.2) is 17.9 Å². The molecule has 1 aromatic carbocycles. The first-order valence-electron chi connectivity index (χ1n) is 6.08. The van der Waals surface area contributed by atoms with Gasteiger partial charge in [-0.3, -0.25) is 4.57 Å². The lowest BCUT2D eigenvalue weighted by Gasteiger charge is -2.05. The Morgan fingerprint density at radius 2 is 2.14 bits per heavy atom. The summed E-state index contributed by atoms with van der Waals surface area (Å²) in [5.74, 6) is -0.522. The number of sulfonamides is 1. The highest BCUT2D eigenvalue weighted by Crippen LogP contribution is 2.18. The Labute approximate surface area is 124 Å². The van der Waals surface area contributed by atoms with Crippen molar-refractivity contribution in [2.75, 3.05) is 0 Å². The molecule has 0 amide bonds. The Bertz CT molecular complexity index is 936. The molecule has 0 bridgehead atoms. The van der Waals surface area contributed by atoms with Gasteiger partial charge in [-0.05, 0) is 34.5 Å². The van der Waals surface area contributed by atoms with E-state index in [1.807, 2.05) is 16.8 Å². The van der Waals surface area contributed by atoms with E-state index in [2.05, 4.69) is 4.72 Å². The molecule has 8 heteroatoms. The van der Waals surface area contributed by atoms with Crippen molar-refractivity contribution in [3.8, 4) is 0 Å². The van der Waals surface area contributed by atoms with Crippen LogP contribution in [-0.4, -0.2) is 13.0 Å². The van der Waals surface area contributed by atoms with Gasteiger partial charge in [0.2, 0.25) is 10.0 Å². The summed E-state index contributed by atoms with van der Waals surface area (Å²) in [5.41, 5.74) is 1.70. The average molecular weight is 324 g/mol. The third-order valence-corrected chi connectivity index (χ3v) is 5.25. The van der Waals surface area contributed by atoms with Crippen molar-refractivity contribution in [2.24, 2.45) is 7.05 Å². The topological polar surface area (TPSA) is 81.3 Å². The maximum Gasteiger partial charge on any atom is 0.419 e. The van der Waals surface area contributed by atoms with Crippen LogP contribution in [0.25, 0.3) is 11.1 Å². The quantitative estimate of drug-likeness (QED) is 0.791. The Kier molecular flexibility index (Phi) is 3.44. The Morgan fingerprint density at radius 3 is 2.86 bits per heavy atom. The van der Waals surface area contributed by atoms with E-state index in [1.54, 1.807) is 13.1 Å². The summed E-state index contributed by atoms with van der Waals surface area (Å²) in [5, 5.41) is 3.76. The Hall–Kier alpha value is -1.90. The minimum atomic E-state index is -3.65. The number of rotatable bonds is 4. The lowest BCUT2D eigenvalue weighted by Crippen LogP contribution is -2.22. The zero-order chi connectivity index (χ0) is 15.0. The Morgan fingerprint density at radius 1 is 1.33 bits per heavy atom. The lowest BCUT2D eigenvalue weighted by atomic mass is 10.3. The highest BCUT2D eigenvalue weighted by atomic mass is 32.2. The molecule has 0 aliphatic carbocycles. The van der Waals surface area contributed by atoms with Gasteiger partial charge in [-0.2, -0.15) is 11.3 Å². The van der Waals surface area contributed by atoms with E-state index in [4.69, 9.17) is 4.42 Å². The lowest BCUT2D eigenvalue weighted by molar-refractivity contribution is 0.527. The molecule has 0 atom stereocenters. The first-order valence-corrected chi connectivity index (χ1v) is 8.50. The van der Waals surface area contributed by atoms with E-state index in [-0.39, 0.29) is 17.0 Å². The smallest absolute Gasteiger partial charge is 0.408 e. The molecular formula is C13H12N2O4S2. The second kappa shape index (κ2) is 5.14. The van der Waals surface area contributed by atoms with Crippen LogP contribution in [-0.2, 0) is 23.6 Å². The summed E-state index contributed by atoms with van der Waals surface area (Å²) in [7, 11) is -2.08. The highest BCUT2D eigenvalue weighted by Gasteiger charge is 2.16. The van der Waals surface area contributed by atoms with Gasteiger partial charge in [0.05, 0.1) is 10.4 Å². The normalized spacial score (nSPS) is 12.0. The van der Waals surface area contributed by atoms with Crippen LogP contribution in [0.5, 0.6) is 0 Å². The molecule has 0 saturated heterocycles. The molecule has 110 valence electrons. The van der Waals surface area contributed by atoms with Crippen LogP contribution in [0.4, 0.5) is 0 Å². The van der Waals surface area contributed by atoms with Crippen molar-refractivity contribution in [3.63, 3.8) is 0 Å². The van der Waals surface area contributed by atoms with Crippen LogP contribution in [0.3, 0.4) is 0 Å². The van der Waals surface area contributed by atoms with E-state index in [0.29, 0.717) is 5.52 Å². The molecular weight excluding hydrogens is 312 g/mol. The number of hydrogen-bond acceptors (Lipinski definition) is 5. The summed E-state index contributed by atoms with van der Waals surface area (Å²) < 4.78 is 33.3. The summed E-state index contributed by atoms with van der Waals surface area (Å²) in [4.78, 5) is 11.5. The standard InChI is InChI=1S/C13H12N2O4S2/c1-15-11-3-2-10(6-12(11)19-13(15)16)21(17,18)14-7-9-4-5-20-8-9/h2-6,8,14H,7H2,1H3. The SMILES string of the molecule is Cn1c(=O)oc2cc(S(=O)(=O)NCc3ccsc3)ccc21. The van der Waals surface area contributed by atoms with Crippen LogP contribution in [0.2, 0.25) is 0 Å². The first-order chi connectivity index (χ1) is 9.97. The molecule has 1 N–H and O–H groups in total. The first kappa shape index (κ1) is 14.1. The van der Waals surface area contributed by atoms with Crippen LogP contribution in [0, 0.1) is 0 Å². The fourth-order valence-corrected chi connectivity index (χ4v) is 3.64. The zero-order valence-electron chi connectivity index (χ0n) is 11.1. The average Bonchev–Trinajstić information content (AvgIpc) is 3.06. The van der Waals surface area contributed by atoms with Crippen molar-refractivity contribution < 1.29 is 12.8 Å². The second-order valence-electron chi connectivity index (χ2n) is 4.51. The van der Waals surface area contributed by atoms with Gasteiger partial charge in [0.15, 0.2) is 5.58 Å². The van der Waals surface area contributed by atoms with Crippen molar-refractivity contribution in [2.45, 2.75) is 11.4 Å². The summed E-state index contributed by atoms with van der Waals surface area (Å²) in [6.45, 7) is 0.225. The number of aromatic nitrogens is 1. The van der Waals surface area contributed by atoms with Crippen LogP contribution >= 0.6 is 11.3 Å². The number of thiophene rings is 1. The number of fused-ring (bicyclic) bond motifs is 1. The number of benzene rings is 1. The van der Waals surface area contributed by atoms with Gasteiger partial charge in [-0.1, -0.05) is 0 Å². The fourth-order valence-electron chi connectivity index (χ4n) is 1.94. The zero-order valence-corrected chi connectivity index (χ0v) is 12.7. The molecule has 0 aliphatic rings. The van der Waals surface area contributed by atoms with Crippen LogP contribution in [0.15, 0.2) is 49.1 Å². The van der Waals surface area contributed by atoms with Gasteiger partial charge in [-0.15, -0.1) is 0 Å². The molecule has 3 rings (SSSR count). The molecule has 6 nitrogen and oxygen atoms in total. The maximum atomic E-state index is 12.2. The fraction of sp³-hybridized carbons (Fsp3) is 0.154. The van der Waals surface area contributed by atoms with Gasteiger partial charge < -0.3 is 4.42 Å². The predicted molar refractivity (Wildman–Crippen MR) is 79.8 cm³/mol. The Balaban J connectivity index is 1.93. The maximum absolute atomic E-state index is 12.2. The predicted octanol–water partition coefficient (Wildman–Crippen LogP) is 1.67. The second-order valence-corrected chi connectivity index (χ2v) is 7.06. The van der Waals surface area contributed by atoms with E-state index in [9.17, 15) is 13.2 Å². The number of nitrogens with zero attached hydrogens (tertiary/aromatic N) is 1. The van der Waals surface area contributed by atoms with Crippen molar-refractivity contribution in [3.05, 3.63) is 51.1 Å². The van der Waals surface area contributed by atoms with E-state index in [1.165, 1.54) is 28.0 Å². The number of aryl methyl sites for hydroxylation is 1. The molecule has 0 spiro atoms. The van der Waals surface area contributed by atoms with Crippen molar-refractivity contribution in [1.29, 1.82) is 0 Å². The molecule has 0 fully saturated rings. The van der Waals surface area contributed by atoms with E-state index in [0.717, 1.165) is 5.56 Å². The molecule has 3 aromatic rings. The molecule has 0 aliphatic heterocycles. The van der Waals surface area contributed by atoms with E-state index < -0.39 is 15.8 Å².